The molecule has 1 aromatic carbocycles. The standard InChI is InChI=1S/C19H26N4O/c1-4-16-7-6-8-17(13-16)22-18(24)14-21-19(20-5-2)23-11-9-15(3)10-12-23/h1,6-8,13,15H,5,9-12,14H2,2-3H3,(H,20,21)(H,22,24). The molecule has 2 N–H and O–H groups in total. The van der Waals surface area contributed by atoms with E-state index in [-0.39, 0.29) is 12.5 Å². The summed E-state index contributed by atoms with van der Waals surface area (Å²) in [4.78, 5) is 18.9. The van der Waals surface area contributed by atoms with Crippen LogP contribution in [0.2, 0.25) is 0 Å². The van der Waals surface area contributed by atoms with Crippen LogP contribution in [-0.4, -0.2) is 42.9 Å². The van der Waals surface area contributed by atoms with Gasteiger partial charge in [-0.05, 0) is 43.9 Å². The zero-order valence-electron chi connectivity index (χ0n) is 14.5. The van der Waals surface area contributed by atoms with Crippen LogP contribution in [0, 0.1) is 18.3 Å². The smallest absolute Gasteiger partial charge is 0.246 e. The molecule has 0 aromatic heterocycles. The molecule has 1 aromatic rings. The largest absolute Gasteiger partial charge is 0.357 e. The molecular formula is C19H26N4O. The molecular weight excluding hydrogens is 300 g/mol. The van der Waals surface area contributed by atoms with Gasteiger partial charge >= 0.3 is 0 Å². The molecule has 1 aliphatic heterocycles. The van der Waals surface area contributed by atoms with E-state index in [0.29, 0.717) is 5.69 Å². The number of amides is 1. The number of terminal acetylenes is 1. The summed E-state index contributed by atoms with van der Waals surface area (Å²) in [6, 6.07) is 7.25. The monoisotopic (exact) mass is 326 g/mol. The van der Waals surface area contributed by atoms with E-state index in [1.807, 2.05) is 25.1 Å². The normalized spacial score (nSPS) is 15.7. The number of hydrogen-bond donors (Lipinski definition) is 2. The van der Waals surface area contributed by atoms with Crippen molar-refractivity contribution in [2.24, 2.45) is 10.9 Å². The second-order valence-corrected chi connectivity index (χ2v) is 6.11. The lowest BCUT2D eigenvalue weighted by Crippen LogP contribution is -2.45. The number of aliphatic imine (C=N–C) groups is 1. The van der Waals surface area contributed by atoms with Crippen molar-refractivity contribution in [3.8, 4) is 12.3 Å². The van der Waals surface area contributed by atoms with E-state index >= 15 is 0 Å². The van der Waals surface area contributed by atoms with Gasteiger partial charge in [-0.1, -0.05) is 18.9 Å². The number of nitrogens with zero attached hydrogens (tertiary/aromatic N) is 2. The molecule has 128 valence electrons. The summed E-state index contributed by atoms with van der Waals surface area (Å²) in [5.74, 6) is 3.99. The molecule has 0 atom stereocenters. The lowest BCUT2D eigenvalue weighted by atomic mass is 10.00. The van der Waals surface area contributed by atoms with Crippen molar-refractivity contribution < 1.29 is 4.79 Å². The highest BCUT2D eigenvalue weighted by molar-refractivity contribution is 5.94. The second-order valence-electron chi connectivity index (χ2n) is 6.11. The van der Waals surface area contributed by atoms with Gasteiger partial charge in [0.1, 0.15) is 6.54 Å². The molecule has 0 bridgehead atoms. The molecule has 0 aliphatic carbocycles. The molecule has 1 fully saturated rings. The van der Waals surface area contributed by atoms with Gasteiger partial charge in [-0.15, -0.1) is 6.42 Å². The van der Waals surface area contributed by atoms with Crippen molar-refractivity contribution in [3.05, 3.63) is 29.8 Å². The van der Waals surface area contributed by atoms with E-state index in [0.717, 1.165) is 49.9 Å². The van der Waals surface area contributed by atoms with Gasteiger partial charge in [-0.3, -0.25) is 4.79 Å². The van der Waals surface area contributed by atoms with Crippen LogP contribution in [0.1, 0.15) is 32.3 Å². The first kappa shape index (κ1) is 17.9. The number of benzene rings is 1. The Bertz CT molecular complexity index is 624. The van der Waals surface area contributed by atoms with Crippen LogP contribution >= 0.6 is 0 Å². The summed E-state index contributed by atoms with van der Waals surface area (Å²) in [6.45, 7) is 7.16. The summed E-state index contributed by atoms with van der Waals surface area (Å²) < 4.78 is 0. The lowest BCUT2D eigenvalue weighted by Gasteiger charge is -2.32. The predicted octanol–water partition coefficient (Wildman–Crippen LogP) is 2.30. The molecule has 5 nitrogen and oxygen atoms in total. The Labute approximate surface area is 144 Å². The van der Waals surface area contributed by atoms with Gasteiger partial charge in [0.15, 0.2) is 5.96 Å². The molecule has 0 saturated carbocycles. The van der Waals surface area contributed by atoms with Crippen molar-refractivity contribution in [1.82, 2.24) is 10.2 Å². The fourth-order valence-corrected chi connectivity index (χ4v) is 2.68. The third kappa shape index (κ3) is 5.31. The number of guanidine groups is 1. The van der Waals surface area contributed by atoms with Crippen molar-refractivity contribution >= 4 is 17.6 Å². The predicted molar refractivity (Wildman–Crippen MR) is 99.0 cm³/mol. The number of likely N-dealkylation sites (tertiary alicyclic amines) is 1. The minimum atomic E-state index is -0.148. The van der Waals surface area contributed by atoms with Gasteiger partial charge in [-0.2, -0.15) is 0 Å². The van der Waals surface area contributed by atoms with Crippen LogP contribution in [0.5, 0.6) is 0 Å². The molecule has 2 rings (SSSR count). The average molecular weight is 326 g/mol. The van der Waals surface area contributed by atoms with Crippen LogP contribution in [-0.2, 0) is 4.79 Å². The molecule has 0 unspecified atom stereocenters. The third-order valence-electron chi connectivity index (χ3n) is 4.10. The Morgan fingerprint density at radius 2 is 2.17 bits per heavy atom. The fourth-order valence-electron chi connectivity index (χ4n) is 2.68. The molecule has 0 spiro atoms. The Morgan fingerprint density at radius 3 is 2.83 bits per heavy atom. The van der Waals surface area contributed by atoms with Crippen LogP contribution < -0.4 is 10.6 Å². The average Bonchev–Trinajstić information content (AvgIpc) is 2.59. The molecule has 1 aliphatic rings. The quantitative estimate of drug-likeness (QED) is 0.507. The highest BCUT2D eigenvalue weighted by atomic mass is 16.1. The summed E-state index contributed by atoms with van der Waals surface area (Å²) in [5.41, 5.74) is 1.44. The highest BCUT2D eigenvalue weighted by Crippen LogP contribution is 2.16. The maximum Gasteiger partial charge on any atom is 0.246 e. The van der Waals surface area contributed by atoms with Crippen LogP contribution in [0.15, 0.2) is 29.3 Å². The number of carbonyl (C=O) groups is 1. The van der Waals surface area contributed by atoms with E-state index < -0.39 is 0 Å². The van der Waals surface area contributed by atoms with Gasteiger partial charge in [0.2, 0.25) is 5.91 Å². The summed E-state index contributed by atoms with van der Waals surface area (Å²) in [7, 11) is 0. The Hall–Kier alpha value is -2.48. The minimum Gasteiger partial charge on any atom is -0.357 e. The molecule has 1 saturated heterocycles. The lowest BCUT2D eigenvalue weighted by molar-refractivity contribution is -0.114. The number of carbonyl (C=O) groups excluding carboxylic acids is 1. The SMILES string of the molecule is C#Cc1cccc(NC(=O)CN=C(NCC)N2CCC(C)CC2)c1. The summed E-state index contributed by atoms with van der Waals surface area (Å²) in [6.07, 6.45) is 7.70. The summed E-state index contributed by atoms with van der Waals surface area (Å²) >= 11 is 0. The Morgan fingerprint density at radius 1 is 1.42 bits per heavy atom. The Balaban J connectivity index is 1.94. The van der Waals surface area contributed by atoms with Crippen LogP contribution in [0.25, 0.3) is 0 Å². The van der Waals surface area contributed by atoms with Gasteiger partial charge < -0.3 is 15.5 Å². The van der Waals surface area contributed by atoms with Crippen molar-refractivity contribution in [1.29, 1.82) is 0 Å². The first-order valence-electron chi connectivity index (χ1n) is 8.52. The van der Waals surface area contributed by atoms with Crippen LogP contribution in [0.3, 0.4) is 0 Å². The maximum atomic E-state index is 12.1. The number of hydrogen-bond acceptors (Lipinski definition) is 2. The van der Waals surface area contributed by atoms with Gasteiger partial charge in [0.25, 0.3) is 0 Å². The third-order valence-corrected chi connectivity index (χ3v) is 4.10. The van der Waals surface area contributed by atoms with E-state index in [4.69, 9.17) is 6.42 Å². The van der Waals surface area contributed by atoms with E-state index in [2.05, 4.69) is 33.4 Å². The molecule has 1 amide bonds. The van der Waals surface area contributed by atoms with Crippen LogP contribution in [0.4, 0.5) is 5.69 Å². The fraction of sp³-hybridized carbons (Fsp3) is 0.474. The molecule has 1 heterocycles. The number of rotatable bonds is 4. The zero-order valence-corrected chi connectivity index (χ0v) is 14.5. The first-order chi connectivity index (χ1) is 11.6. The second kappa shape index (κ2) is 8.97. The molecule has 5 heteroatoms. The highest BCUT2D eigenvalue weighted by Gasteiger charge is 2.18. The Kier molecular flexibility index (Phi) is 6.68. The molecule has 0 radical (unpaired) electrons. The maximum absolute atomic E-state index is 12.1. The van der Waals surface area contributed by atoms with Gasteiger partial charge in [0, 0.05) is 30.9 Å². The number of anilines is 1. The van der Waals surface area contributed by atoms with Crippen molar-refractivity contribution in [2.75, 3.05) is 31.5 Å². The van der Waals surface area contributed by atoms with E-state index in [9.17, 15) is 4.79 Å². The van der Waals surface area contributed by atoms with E-state index in [1.54, 1.807) is 6.07 Å². The summed E-state index contributed by atoms with van der Waals surface area (Å²) in [5, 5.41) is 6.11. The first-order valence-corrected chi connectivity index (χ1v) is 8.52. The minimum absolute atomic E-state index is 0.0919. The van der Waals surface area contributed by atoms with Crippen molar-refractivity contribution in [3.63, 3.8) is 0 Å². The van der Waals surface area contributed by atoms with Gasteiger partial charge in [-0.25, -0.2) is 4.99 Å². The number of piperidine rings is 1. The van der Waals surface area contributed by atoms with Crippen molar-refractivity contribution in [2.45, 2.75) is 26.7 Å². The van der Waals surface area contributed by atoms with Gasteiger partial charge in [0.05, 0.1) is 0 Å². The van der Waals surface area contributed by atoms with E-state index in [1.165, 1.54) is 0 Å². The zero-order chi connectivity index (χ0) is 17.4. The topological polar surface area (TPSA) is 56.7 Å². The number of nitrogens with one attached hydrogen (secondary N) is 2. The molecule has 24 heavy (non-hydrogen) atoms.